The number of rotatable bonds is 5. The van der Waals surface area contributed by atoms with Crippen molar-refractivity contribution < 1.29 is 14.2 Å². The lowest BCUT2D eigenvalue weighted by atomic mass is 9.76. The molecule has 134 valence electrons. The highest BCUT2D eigenvalue weighted by atomic mass is 35.5. The van der Waals surface area contributed by atoms with Crippen molar-refractivity contribution in [2.24, 2.45) is 11.5 Å². The zero-order valence-corrected chi connectivity index (χ0v) is 15.6. The summed E-state index contributed by atoms with van der Waals surface area (Å²) in [6, 6.07) is 4.02. The highest BCUT2D eigenvalue weighted by Gasteiger charge is 2.32. The van der Waals surface area contributed by atoms with Crippen LogP contribution in [0.25, 0.3) is 0 Å². The first kappa shape index (κ1) is 22.1. The van der Waals surface area contributed by atoms with Gasteiger partial charge in [-0.3, -0.25) is 0 Å². The number of ether oxygens (including phenoxy) is 3. The number of hydrogen-bond donors (Lipinski definition) is 2. The number of hydrogen-bond acceptors (Lipinski definition) is 5. The summed E-state index contributed by atoms with van der Waals surface area (Å²) in [4.78, 5) is 0. The van der Waals surface area contributed by atoms with Crippen molar-refractivity contribution in [2.75, 3.05) is 21.3 Å². The van der Waals surface area contributed by atoms with E-state index in [0.29, 0.717) is 5.75 Å². The largest absolute Gasteiger partial charge is 0.496 e. The first-order valence-corrected chi connectivity index (χ1v) is 7.34. The van der Waals surface area contributed by atoms with Crippen LogP contribution >= 0.6 is 24.8 Å². The summed E-state index contributed by atoms with van der Waals surface area (Å²) in [5.41, 5.74) is 13.3. The maximum absolute atomic E-state index is 6.57. The van der Waals surface area contributed by atoms with Crippen molar-refractivity contribution in [1.82, 2.24) is 0 Å². The number of benzene rings is 1. The molecule has 0 radical (unpaired) electrons. The molecule has 0 amide bonds. The van der Waals surface area contributed by atoms with Gasteiger partial charge in [0.05, 0.1) is 21.3 Å². The zero-order valence-electron chi connectivity index (χ0n) is 14.0. The van der Waals surface area contributed by atoms with Gasteiger partial charge in [0.1, 0.15) is 17.2 Å². The predicted molar refractivity (Wildman–Crippen MR) is 97.7 cm³/mol. The molecule has 4 N–H and O–H groups in total. The average Bonchev–Trinajstić information content (AvgIpc) is 2.50. The maximum Gasteiger partial charge on any atom is 0.129 e. The van der Waals surface area contributed by atoms with Gasteiger partial charge in [0.2, 0.25) is 0 Å². The van der Waals surface area contributed by atoms with Crippen LogP contribution in [0.15, 0.2) is 12.1 Å². The lowest BCUT2D eigenvalue weighted by Crippen LogP contribution is -2.47. The molecule has 0 saturated heterocycles. The number of halogens is 2. The summed E-state index contributed by atoms with van der Waals surface area (Å²) < 4.78 is 16.3. The molecule has 1 aromatic rings. The Morgan fingerprint density at radius 1 is 1.00 bits per heavy atom. The van der Waals surface area contributed by atoms with Crippen LogP contribution in [0.5, 0.6) is 17.2 Å². The van der Waals surface area contributed by atoms with E-state index in [1.165, 1.54) is 0 Å². The molecule has 0 heterocycles. The highest BCUT2D eigenvalue weighted by molar-refractivity contribution is 5.85. The van der Waals surface area contributed by atoms with E-state index in [9.17, 15) is 0 Å². The van der Waals surface area contributed by atoms with Gasteiger partial charge >= 0.3 is 0 Å². The molecule has 0 bridgehead atoms. The van der Waals surface area contributed by atoms with Crippen LogP contribution in [0, 0.1) is 0 Å². The molecular formula is C16H28Cl2N2O3. The van der Waals surface area contributed by atoms with E-state index in [2.05, 4.69) is 0 Å². The fraction of sp³-hybridized carbons (Fsp3) is 0.625. The first-order chi connectivity index (χ1) is 10.0. The standard InChI is InChI=1S/C16H26N2O3.2ClH/c1-19-12-8-14(20-2)13(15(9-12)21-3)10-16(18)6-4-11(17)5-7-16;;/h8-9,11H,4-7,10,17-18H2,1-3H3;2*1H. The summed E-state index contributed by atoms with van der Waals surface area (Å²) in [7, 11) is 4.93. The Kier molecular flexibility index (Phi) is 9.06. The summed E-state index contributed by atoms with van der Waals surface area (Å²) in [5, 5.41) is 0. The molecule has 0 aliphatic heterocycles. The fourth-order valence-electron chi connectivity index (χ4n) is 3.00. The topological polar surface area (TPSA) is 79.7 Å². The van der Waals surface area contributed by atoms with Gasteiger partial charge in [0.25, 0.3) is 0 Å². The summed E-state index contributed by atoms with van der Waals surface area (Å²) in [6.07, 6.45) is 4.50. The SMILES string of the molecule is COc1cc(OC)c(CC2(N)CCC(N)CC2)c(OC)c1.Cl.Cl. The van der Waals surface area contributed by atoms with Gasteiger partial charge in [-0.25, -0.2) is 0 Å². The Balaban J connectivity index is 0.00000242. The molecule has 0 atom stereocenters. The monoisotopic (exact) mass is 366 g/mol. The Hall–Kier alpha value is -0.880. The van der Waals surface area contributed by atoms with Gasteiger partial charge in [-0.05, 0) is 32.1 Å². The van der Waals surface area contributed by atoms with Crippen LogP contribution in [0.2, 0.25) is 0 Å². The molecule has 2 rings (SSSR count). The normalized spacial score (nSPS) is 23.3. The third-order valence-corrected chi connectivity index (χ3v) is 4.37. The summed E-state index contributed by atoms with van der Waals surface area (Å²) >= 11 is 0. The molecule has 1 aromatic carbocycles. The van der Waals surface area contributed by atoms with Crippen molar-refractivity contribution in [3.05, 3.63) is 17.7 Å². The zero-order chi connectivity index (χ0) is 15.5. The van der Waals surface area contributed by atoms with Gasteiger partial charge < -0.3 is 25.7 Å². The highest BCUT2D eigenvalue weighted by Crippen LogP contribution is 2.39. The van der Waals surface area contributed by atoms with Gasteiger partial charge in [0.15, 0.2) is 0 Å². The van der Waals surface area contributed by atoms with Gasteiger partial charge in [-0.2, -0.15) is 0 Å². The van der Waals surface area contributed by atoms with Gasteiger partial charge in [0, 0.05) is 29.3 Å². The molecule has 1 aliphatic carbocycles. The number of methoxy groups -OCH3 is 3. The lowest BCUT2D eigenvalue weighted by Gasteiger charge is -2.36. The Labute approximate surface area is 150 Å². The van der Waals surface area contributed by atoms with Crippen LogP contribution in [-0.2, 0) is 6.42 Å². The Morgan fingerprint density at radius 3 is 1.87 bits per heavy atom. The van der Waals surface area contributed by atoms with Crippen molar-refractivity contribution >= 4 is 24.8 Å². The molecule has 23 heavy (non-hydrogen) atoms. The second-order valence-electron chi connectivity index (χ2n) is 5.89. The minimum Gasteiger partial charge on any atom is -0.496 e. The van der Waals surface area contributed by atoms with Crippen molar-refractivity contribution in [3.8, 4) is 17.2 Å². The Bertz CT molecular complexity index is 467. The van der Waals surface area contributed by atoms with Crippen molar-refractivity contribution in [2.45, 2.75) is 43.7 Å². The van der Waals surface area contributed by atoms with E-state index in [-0.39, 0.29) is 36.4 Å². The van der Waals surface area contributed by atoms with E-state index in [4.69, 9.17) is 25.7 Å². The molecule has 0 aromatic heterocycles. The van der Waals surface area contributed by atoms with Crippen LogP contribution in [0.1, 0.15) is 31.2 Å². The summed E-state index contributed by atoms with van der Waals surface area (Å²) in [5.74, 6) is 2.22. The molecule has 1 fully saturated rings. The smallest absolute Gasteiger partial charge is 0.129 e. The predicted octanol–water partition coefficient (Wildman–Crippen LogP) is 2.70. The van der Waals surface area contributed by atoms with Gasteiger partial charge in [-0.1, -0.05) is 0 Å². The molecular weight excluding hydrogens is 339 g/mol. The van der Waals surface area contributed by atoms with Crippen LogP contribution in [-0.4, -0.2) is 32.9 Å². The quantitative estimate of drug-likeness (QED) is 0.837. The molecule has 1 aliphatic rings. The minimum atomic E-state index is -0.245. The second-order valence-corrected chi connectivity index (χ2v) is 5.89. The van der Waals surface area contributed by atoms with Crippen LogP contribution in [0.3, 0.4) is 0 Å². The van der Waals surface area contributed by atoms with E-state index in [0.717, 1.165) is 49.2 Å². The van der Waals surface area contributed by atoms with E-state index in [1.807, 2.05) is 12.1 Å². The van der Waals surface area contributed by atoms with Crippen molar-refractivity contribution in [3.63, 3.8) is 0 Å². The third-order valence-electron chi connectivity index (χ3n) is 4.37. The molecule has 7 heteroatoms. The van der Waals surface area contributed by atoms with E-state index in [1.54, 1.807) is 21.3 Å². The molecule has 1 saturated carbocycles. The van der Waals surface area contributed by atoms with E-state index >= 15 is 0 Å². The van der Waals surface area contributed by atoms with Gasteiger partial charge in [-0.15, -0.1) is 24.8 Å². The third kappa shape index (κ3) is 5.31. The van der Waals surface area contributed by atoms with Crippen LogP contribution < -0.4 is 25.7 Å². The summed E-state index contributed by atoms with van der Waals surface area (Å²) in [6.45, 7) is 0. The maximum atomic E-state index is 6.57. The van der Waals surface area contributed by atoms with Crippen LogP contribution in [0.4, 0.5) is 0 Å². The molecule has 0 spiro atoms. The molecule has 0 unspecified atom stereocenters. The lowest BCUT2D eigenvalue weighted by molar-refractivity contribution is 0.265. The van der Waals surface area contributed by atoms with Crippen molar-refractivity contribution in [1.29, 1.82) is 0 Å². The number of nitrogens with two attached hydrogens (primary N) is 2. The minimum absolute atomic E-state index is 0. The first-order valence-electron chi connectivity index (χ1n) is 7.34. The fourth-order valence-corrected chi connectivity index (χ4v) is 3.00. The van der Waals surface area contributed by atoms with E-state index < -0.39 is 0 Å². The average molecular weight is 367 g/mol. The Morgan fingerprint density at radius 2 is 1.48 bits per heavy atom. The molecule has 5 nitrogen and oxygen atoms in total. The second kappa shape index (κ2) is 9.42.